The number of nitrogens with one attached hydrogen (secondary N) is 1. The van der Waals surface area contributed by atoms with Crippen molar-refractivity contribution in [1.82, 2.24) is 19.5 Å². The van der Waals surface area contributed by atoms with Crippen molar-refractivity contribution < 1.29 is 28.1 Å². The summed E-state index contributed by atoms with van der Waals surface area (Å²) in [5.41, 5.74) is 1.15. The van der Waals surface area contributed by atoms with Crippen molar-refractivity contribution in [2.75, 3.05) is 31.5 Å². The summed E-state index contributed by atoms with van der Waals surface area (Å²) < 4.78 is 24.1. The van der Waals surface area contributed by atoms with Crippen LogP contribution < -0.4 is 5.32 Å². The summed E-state index contributed by atoms with van der Waals surface area (Å²) in [6.45, 7) is 7.30. The third kappa shape index (κ3) is 6.64. The molecular formula is C19H28N5O6P. The Kier molecular flexibility index (Phi) is 8.65. The van der Waals surface area contributed by atoms with Crippen molar-refractivity contribution >= 4 is 37.2 Å². The van der Waals surface area contributed by atoms with Gasteiger partial charge in [-0.25, -0.2) is 15.0 Å². The molecule has 1 amide bonds. The molecule has 0 saturated carbocycles. The number of ether oxygens (including phenoxy) is 2. The van der Waals surface area contributed by atoms with Crippen molar-refractivity contribution in [2.45, 2.75) is 46.3 Å². The molecule has 2 aromatic rings. The van der Waals surface area contributed by atoms with Crippen LogP contribution in [0.4, 0.5) is 5.82 Å². The molecule has 0 spiro atoms. The summed E-state index contributed by atoms with van der Waals surface area (Å²) in [6.07, 6.45) is 3.89. The minimum absolute atomic E-state index is 0.00890. The number of carbonyl (C=O) groups is 2. The third-order valence-corrected chi connectivity index (χ3v) is 5.80. The number of hydrogen-bond donors (Lipinski definition) is 1. The fourth-order valence-electron chi connectivity index (χ4n) is 2.95. The Bertz CT molecular complexity index is 886. The van der Waals surface area contributed by atoms with E-state index in [2.05, 4.69) is 20.3 Å². The van der Waals surface area contributed by atoms with Crippen molar-refractivity contribution in [3.63, 3.8) is 0 Å². The minimum atomic E-state index is -1.15. The standard InChI is InChI=1S/C19H28N5O6P/c1-4-15(25)23-18-17-19(21-10-20-18)24(11-22-17)7-13(3)28-12-31-29-8-14(9-30-31)6-16(26)27-5-2/h10-11,13-14H,4-9,12H2,1-3H3,(H,20,21,23,25). The Hall–Kier alpha value is -2.20. The van der Waals surface area contributed by atoms with Gasteiger partial charge in [0.15, 0.2) is 25.4 Å². The van der Waals surface area contributed by atoms with Crippen LogP contribution in [0.2, 0.25) is 0 Å². The number of anilines is 1. The zero-order chi connectivity index (χ0) is 22.2. The normalized spacial score (nSPS) is 19.8. The van der Waals surface area contributed by atoms with Gasteiger partial charge in [0.05, 0.1) is 45.2 Å². The molecule has 31 heavy (non-hydrogen) atoms. The number of fused-ring (bicyclic) bond motifs is 1. The first-order valence-electron chi connectivity index (χ1n) is 10.3. The number of amides is 1. The molecule has 0 radical (unpaired) electrons. The fraction of sp³-hybridized carbons (Fsp3) is 0.632. The third-order valence-electron chi connectivity index (χ3n) is 4.57. The van der Waals surface area contributed by atoms with Gasteiger partial charge in [-0.05, 0) is 13.8 Å². The van der Waals surface area contributed by atoms with E-state index in [1.54, 1.807) is 20.2 Å². The number of imidazole rings is 1. The lowest BCUT2D eigenvalue weighted by atomic mass is 10.1. The number of esters is 1. The van der Waals surface area contributed by atoms with E-state index in [1.165, 1.54) is 6.33 Å². The van der Waals surface area contributed by atoms with Crippen LogP contribution in [0.5, 0.6) is 0 Å². The van der Waals surface area contributed by atoms with Crippen molar-refractivity contribution in [3.05, 3.63) is 12.7 Å². The summed E-state index contributed by atoms with van der Waals surface area (Å²) in [7, 11) is -1.15. The molecule has 11 nitrogen and oxygen atoms in total. The first-order valence-corrected chi connectivity index (χ1v) is 11.6. The van der Waals surface area contributed by atoms with Crippen LogP contribution in [0.3, 0.4) is 0 Å². The largest absolute Gasteiger partial charge is 0.466 e. The molecule has 1 aliphatic heterocycles. The second-order valence-electron chi connectivity index (χ2n) is 7.10. The molecular weight excluding hydrogens is 425 g/mol. The first kappa shape index (κ1) is 23.5. The molecule has 1 N–H and O–H groups in total. The molecule has 3 heterocycles. The minimum Gasteiger partial charge on any atom is -0.466 e. The van der Waals surface area contributed by atoms with Crippen molar-refractivity contribution in [2.24, 2.45) is 5.92 Å². The van der Waals surface area contributed by atoms with Gasteiger partial charge in [-0.1, -0.05) is 6.92 Å². The summed E-state index contributed by atoms with van der Waals surface area (Å²) in [4.78, 5) is 36.0. The van der Waals surface area contributed by atoms with E-state index in [0.29, 0.717) is 62.5 Å². The van der Waals surface area contributed by atoms with Crippen LogP contribution in [0.25, 0.3) is 11.2 Å². The molecule has 12 heteroatoms. The maximum absolute atomic E-state index is 11.7. The highest BCUT2D eigenvalue weighted by atomic mass is 31.2. The highest BCUT2D eigenvalue weighted by molar-refractivity contribution is 7.47. The van der Waals surface area contributed by atoms with Gasteiger partial charge in [0.1, 0.15) is 12.7 Å². The van der Waals surface area contributed by atoms with Gasteiger partial charge < -0.3 is 28.4 Å². The quantitative estimate of drug-likeness (QED) is 0.426. The fourth-order valence-corrected chi connectivity index (χ4v) is 4.31. The zero-order valence-corrected chi connectivity index (χ0v) is 18.8. The molecule has 1 fully saturated rings. The molecule has 170 valence electrons. The van der Waals surface area contributed by atoms with Gasteiger partial charge in [-0.2, -0.15) is 0 Å². The average molecular weight is 453 g/mol. The second kappa shape index (κ2) is 11.4. The van der Waals surface area contributed by atoms with E-state index < -0.39 is 8.38 Å². The van der Waals surface area contributed by atoms with Gasteiger partial charge in [0.2, 0.25) is 5.91 Å². The van der Waals surface area contributed by atoms with Gasteiger partial charge in [0.25, 0.3) is 0 Å². The molecule has 1 saturated heterocycles. The molecule has 0 aromatic carbocycles. The van der Waals surface area contributed by atoms with E-state index in [4.69, 9.17) is 18.5 Å². The van der Waals surface area contributed by atoms with Crippen LogP contribution in [-0.4, -0.2) is 63.7 Å². The van der Waals surface area contributed by atoms with Crippen LogP contribution in [-0.2, 0) is 34.7 Å². The summed E-state index contributed by atoms with van der Waals surface area (Å²) in [5, 5.41) is 2.74. The maximum Gasteiger partial charge on any atom is 0.306 e. The van der Waals surface area contributed by atoms with E-state index in [-0.39, 0.29) is 23.9 Å². The SMILES string of the molecule is CCOC(=O)CC1COP(COC(C)Cn2cnc3c(NC(=O)CC)ncnc32)OC1. The van der Waals surface area contributed by atoms with E-state index in [0.717, 1.165) is 0 Å². The highest BCUT2D eigenvalue weighted by Crippen LogP contribution is 2.43. The Labute approximate surface area is 181 Å². The van der Waals surface area contributed by atoms with Gasteiger partial charge in [-0.15, -0.1) is 0 Å². The number of rotatable bonds is 10. The van der Waals surface area contributed by atoms with Crippen LogP contribution in [0.15, 0.2) is 12.7 Å². The van der Waals surface area contributed by atoms with Crippen LogP contribution >= 0.6 is 8.38 Å². The van der Waals surface area contributed by atoms with Crippen molar-refractivity contribution in [1.29, 1.82) is 0 Å². The summed E-state index contributed by atoms with van der Waals surface area (Å²) in [6, 6.07) is 0. The average Bonchev–Trinajstić information content (AvgIpc) is 3.17. The predicted octanol–water partition coefficient (Wildman–Crippen LogP) is 2.47. The molecule has 2 aromatic heterocycles. The molecule has 0 aliphatic carbocycles. The highest BCUT2D eigenvalue weighted by Gasteiger charge is 2.26. The second-order valence-corrected chi connectivity index (χ2v) is 8.54. The Morgan fingerprint density at radius 2 is 2.06 bits per heavy atom. The monoisotopic (exact) mass is 453 g/mol. The zero-order valence-electron chi connectivity index (χ0n) is 17.9. The topological polar surface area (TPSA) is 127 Å². The molecule has 1 aliphatic rings. The van der Waals surface area contributed by atoms with Crippen LogP contribution in [0, 0.1) is 5.92 Å². The molecule has 3 rings (SSSR count). The molecule has 0 bridgehead atoms. The predicted molar refractivity (Wildman–Crippen MR) is 113 cm³/mol. The van der Waals surface area contributed by atoms with Gasteiger partial charge in [-0.3, -0.25) is 9.59 Å². The number of carbonyl (C=O) groups excluding carboxylic acids is 2. The maximum atomic E-state index is 11.7. The first-order chi connectivity index (χ1) is 15.0. The summed E-state index contributed by atoms with van der Waals surface area (Å²) in [5.74, 6) is 0.0405. The van der Waals surface area contributed by atoms with Gasteiger partial charge >= 0.3 is 5.97 Å². The Morgan fingerprint density at radius 3 is 2.77 bits per heavy atom. The lowest BCUT2D eigenvalue weighted by molar-refractivity contribution is -0.145. The van der Waals surface area contributed by atoms with Crippen LogP contribution in [0.1, 0.15) is 33.6 Å². The lowest BCUT2D eigenvalue weighted by Crippen LogP contribution is -2.25. The molecule has 1 unspecified atom stereocenters. The number of hydrogen-bond acceptors (Lipinski definition) is 9. The van der Waals surface area contributed by atoms with E-state index in [1.807, 2.05) is 11.5 Å². The number of nitrogens with zero attached hydrogens (tertiary/aromatic N) is 4. The Balaban J connectivity index is 1.47. The smallest absolute Gasteiger partial charge is 0.306 e. The summed E-state index contributed by atoms with van der Waals surface area (Å²) >= 11 is 0. The number of aromatic nitrogens is 4. The van der Waals surface area contributed by atoms with E-state index in [9.17, 15) is 9.59 Å². The lowest BCUT2D eigenvalue weighted by Gasteiger charge is -2.28. The van der Waals surface area contributed by atoms with Gasteiger partial charge in [0, 0.05) is 12.3 Å². The van der Waals surface area contributed by atoms with E-state index >= 15 is 0 Å². The van der Waals surface area contributed by atoms with Crippen molar-refractivity contribution in [3.8, 4) is 0 Å². The Morgan fingerprint density at radius 1 is 1.29 bits per heavy atom. The molecule has 1 atom stereocenters.